The Morgan fingerprint density at radius 1 is 1.24 bits per heavy atom. The Bertz CT molecular complexity index is 973. The number of aromatic nitrogens is 2. The summed E-state index contributed by atoms with van der Waals surface area (Å²) in [4.78, 5) is 0.0655. The Morgan fingerprint density at radius 3 is 2.72 bits per heavy atom. The molecule has 0 aliphatic carbocycles. The molecule has 1 aromatic carbocycles. The van der Waals surface area contributed by atoms with Crippen molar-refractivity contribution in [3.05, 3.63) is 71.1 Å². The fraction of sp³-hybridized carbons (Fsp3) is 0.235. The van der Waals surface area contributed by atoms with Crippen molar-refractivity contribution in [3.63, 3.8) is 0 Å². The molecule has 2 heterocycles. The van der Waals surface area contributed by atoms with Crippen LogP contribution in [0.1, 0.15) is 22.7 Å². The summed E-state index contributed by atoms with van der Waals surface area (Å²) in [6, 6.07) is 9.94. The molecule has 2 aromatic heterocycles. The zero-order valence-corrected chi connectivity index (χ0v) is 14.7. The highest BCUT2D eigenvalue weighted by atomic mass is 32.2. The standard InChI is InChI=1S/C17H18FN3O3S/c1-12-17(13(2)24-20-12)25(22,23)19-10-16-7-4-8-21(16)11-14-5-3-6-15(18)9-14/h3-9,19H,10-11H2,1-2H3. The molecule has 0 unspecified atom stereocenters. The highest BCUT2D eigenvalue weighted by Gasteiger charge is 2.24. The third kappa shape index (κ3) is 3.80. The lowest BCUT2D eigenvalue weighted by Crippen LogP contribution is -2.25. The van der Waals surface area contributed by atoms with Crippen LogP contribution in [0.3, 0.4) is 0 Å². The molecule has 3 aromatic rings. The Hall–Kier alpha value is -2.45. The summed E-state index contributed by atoms with van der Waals surface area (Å²) >= 11 is 0. The first kappa shape index (κ1) is 17.4. The number of nitrogens with one attached hydrogen (secondary N) is 1. The van der Waals surface area contributed by atoms with Gasteiger partial charge in [-0.1, -0.05) is 17.3 Å². The summed E-state index contributed by atoms with van der Waals surface area (Å²) in [6.07, 6.45) is 1.82. The molecule has 25 heavy (non-hydrogen) atoms. The van der Waals surface area contributed by atoms with Crippen LogP contribution in [0.15, 0.2) is 52.0 Å². The molecule has 1 N–H and O–H groups in total. The summed E-state index contributed by atoms with van der Waals surface area (Å²) in [5.41, 5.74) is 1.88. The number of halogens is 1. The van der Waals surface area contributed by atoms with E-state index in [4.69, 9.17) is 4.52 Å². The summed E-state index contributed by atoms with van der Waals surface area (Å²) in [5.74, 6) is -0.0505. The molecule has 8 heteroatoms. The molecule has 0 radical (unpaired) electrons. The minimum atomic E-state index is -3.73. The molecule has 0 bridgehead atoms. The zero-order chi connectivity index (χ0) is 18.0. The molecule has 3 rings (SSSR count). The quantitative estimate of drug-likeness (QED) is 0.731. The predicted molar refractivity (Wildman–Crippen MR) is 89.9 cm³/mol. The first-order valence-electron chi connectivity index (χ1n) is 7.68. The van der Waals surface area contributed by atoms with Crippen molar-refractivity contribution in [2.24, 2.45) is 0 Å². The minimum absolute atomic E-state index is 0.0655. The van der Waals surface area contributed by atoms with E-state index in [1.807, 2.05) is 29.0 Å². The number of nitrogens with zero attached hydrogens (tertiary/aromatic N) is 2. The number of hydrogen-bond donors (Lipinski definition) is 1. The highest BCUT2D eigenvalue weighted by molar-refractivity contribution is 7.89. The van der Waals surface area contributed by atoms with Gasteiger partial charge >= 0.3 is 0 Å². The second-order valence-corrected chi connectivity index (χ2v) is 7.44. The largest absolute Gasteiger partial charge is 0.360 e. The van der Waals surface area contributed by atoms with E-state index in [-0.39, 0.29) is 23.0 Å². The van der Waals surface area contributed by atoms with Crippen LogP contribution in [0.4, 0.5) is 4.39 Å². The molecule has 0 saturated heterocycles. The maximum absolute atomic E-state index is 13.3. The fourth-order valence-corrected chi connectivity index (χ4v) is 4.02. The molecule has 0 spiro atoms. The summed E-state index contributed by atoms with van der Waals surface area (Å²) in [7, 11) is -3.73. The maximum atomic E-state index is 13.3. The molecule has 0 atom stereocenters. The summed E-state index contributed by atoms with van der Waals surface area (Å²) in [6.45, 7) is 3.70. The van der Waals surface area contributed by atoms with Gasteiger partial charge in [0.15, 0.2) is 5.76 Å². The van der Waals surface area contributed by atoms with Crippen molar-refractivity contribution in [2.45, 2.75) is 31.8 Å². The molecule has 6 nitrogen and oxygen atoms in total. The number of rotatable bonds is 6. The topological polar surface area (TPSA) is 77.1 Å². The number of aryl methyl sites for hydroxylation is 2. The van der Waals surface area contributed by atoms with E-state index < -0.39 is 10.0 Å². The number of benzene rings is 1. The summed E-state index contributed by atoms with van der Waals surface area (Å²) < 4.78 is 47.6. The maximum Gasteiger partial charge on any atom is 0.246 e. The zero-order valence-electron chi connectivity index (χ0n) is 13.9. The summed E-state index contributed by atoms with van der Waals surface area (Å²) in [5, 5.41) is 3.67. The van der Waals surface area contributed by atoms with E-state index in [1.165, 1.54) is 12.1 Å². The van der Waals surface area contributed by atoms with Gasteiger partial charge in [0, 0.05) is 18.4 Å². The van der Waals surface area contributed by atoms with Crippen molar-refractivity contribution < 1.29 is 17.3 Å². The van der Waals surface area contributed by atoms with E-state index in [2.05, 4.69) is 9.88 Å². The molecule has 0 amide bonds. The lowest BCUT2D eigenvalue weighted by atomic mass is 10.2. The van der Waals surface area contributed by atoms with Gasteiger partial charge in [-0.05, 0) is 43.7 Å². The molecule has 132 valence electrons. The Labute approximate surface area is 145 Å². The number of sulfonamides is 1. The van der Waals surface area contributed by atoms with E-state index in [0.29, 0.717) is 12.2 Å². The highest BCUT2D eigenvalue weighted by Crippen LogP contribution is 2.19. The predicted octanol–water partition coefficient (Wildman–Crippen LogP) is 2.76. The van der Waals surface area contributed by atoms with E-state index >= 15 is 0 Å². The van der Waals surface area contributed by atoms with Crippen LogP contribution < -0.4 is 4.72 Å². The fourth-order valence-electron chi connectivity index (χ4n) is 2.70. The minimum Gasteiger partial charge on any atom is -0.360 e. The van der Waals surface area contributed by atoms with Gasteiger partial charge in [-0.15, -0.1) is 0 Å². The van der Waals surface area contributed by atoms with Crippen molar-refractivity contribution in [3.8, 4) is 0 Å². The molecular formula is C17H18FN3O3S. The molecule has 0 fully saturated rings. The molecule has 0 aliphatic rings. The third-order valence-corrected chi connectivity index (χ3v) is 5.49. The van der Waals surface area contributed by atoms with Crippen LogP contribution in [0, 0.1) is 19.7 Å². The number of hydrogen-bond acceptors (Lipinski definition) is 4. The molecule has 0 saturated carbocycles. The monoisotopic (exact) mass is 363 g/mol. The lowest BCUT2D eigenvalue weighted by molar-refractivity contribution is 0.390. The Kier molecular flexibility index (Phi) is 4.73. The van der Waals surface area contributed by atoms with Gasteiger partial charge in [0.1, 0.15) is 16.4 Å². The third-order valence-electron chi connectivity index (χ3n) is 3.85. The van der Waals surface area contributed by atoms with Crippen LogP contribution >= 0.6 is 0 Å². The lowest BCUT2D eigenvalue weighted by Gasteiger charge is -2.11. The molecular weight excluding hydrogens is 345 g/mol. The second kappa shape index (κ2) is 6.81. The van der Waals surface area contributed by atoms with Crippen LogP contribution in [0.2, 0.25) is 0 Å². The SMILES string of the molecule is Cc1noc(C)c1S(=O)(=O)NCc1cccn1Cc1cccc(F)c1. The van der Waals surface area contributed by atoms with E-state index in [0.717, 1.165) is 11.3 Å². The van der Waals surface area contributed by atoms with Gasteiger partial charge in [0.05, 0.1) is 6.54 Å². The van der Waals surface area contributed by atoms with Crippen LogP contribution in [-0.2, 0) is 23.1 Å². The Morgan fingerprint density at radius 2 is 2.04 bits per heavy atom. The first-order valence-corrected chi connectivity index (χ1v) is 9.16. The molecule has 0 aliphatic heterocycles. The van der Waals surface area contributed by atoms with E-state index in [1.54, 1.807) is 19.9 Å². The normalized spacial score (nSPS) is 11.8. The van der Waals surface area contributed by atoms with Crippen molar-refractivity contribution in [1.82, 2.24) is 14.4 Å². The second-order valence-electron chi connectivity index (χ2n) is 5.74. The van der Waals surface area contributed by atoms with Gasteiger partial charge in [-0.3, -0.25) is 0 Å². The van der Waals surface area contributed by atoms with Crippen molar-refractivity contribution >= 4 is 10.0 Å². The van der Waals surface area contributed by atoms with Crippen molar-refractivity contribution in [2.75, 3.05) is 0 Å². The average Bonchev–Trinajstić information content (AvgIpc) is 3.12. The van der Waals surface area contributed by atoms with E-state index in [9.17, 15) is 12.8 Å². The van der Waals surface area contributed by atoms with Gasteiger partial charge in [0.25, 0.3) is 0 Å². The van der Waals surface area contributed by atoms with Crippen LogP contribution in [-0.4, -0.2) is 18.1 Å². The van der Waals surface area contributed by atoms with Gasteiger partial charge in [-0.25, -0.2) is 17.5 Å². The Balaban J connectivity index is 1.76. The first-order chi connectivity index (χ1) is 11.9. The van der Waals surface area contributed by atoms with Crippen molar-refractivity contribution in [1.29, 1.82) is 0 Å². The van der Waals surface area contributed by atoms with Gasteiger partial charge < -0.3 is 9.09 Å². The average molecular weight is 363 g/mol. The van der Waals surface area contributed by atoms with Crippen LogP contribution in [0.5, 0.6) is 0 Å². The van der Waals surface area contributed by atoms with Gasteiger partial charge in [-0.2, -0.15) is 0 Å². The smallest absolute Gasteiger partial charge is 0.246 e. The van der Waals surface area contributed by atoms with Gasteiger partial charge in [0.2, 0.25) is 10.0 Å². The van der Waals surface area contributed by atoms with Crippen LogP contribution in [0.25, 0.3) is 0 Å².